The lowest BCUT2D eigenvalue weighted by atomic mass is 10.0. The molecule has 1 aliphatic rings. The van der Waals surface area contributed by atoms with Crippen molar-refractivity contribution in [1.29, 1.82) is 0 Å². The van der Waals surface area contributed by atoms with E-state index >= 15 is 0 Å². The topological polar surface area (TPSA) is 205 Å². The van der Waals surface area contributed by atoms with Gasteiger partial charge in [-0.3, -0.25) is 19.2 Å². The molecule has 0 saturated carbocycles. The lowest BCUT2D eigenvalue weighted by molar-refractivity contribution is -0.142. The molecule has 33 heavy (non-hydrogen) atoms. The third-order valence-corrected chi connectivity index (χ3v) is 5.28. The zero-order valence-electron chi connectivity index (χ0n) is 18.0. The van der Waals surface area contributed by atoms with Crippen LogP contribution in [0.3, 0.4) is 0 Å². The Labute approximate surface area is 190 Å². The van der Waals surface area contributed by atoms with E-state index in [0.717, 1.165) is 5.56 Å². The van der Waals surface area contributed by atoms with Crippen LogP contribution >= 0.6 is 0 Å². The molecule has 1 aromatic carbocycles. The second-order valence-electron chi connectivity index (χ2n) is 7.85. The van der Waals surface area contributed by atoms with E-state index < -0.39 is 54.3 Å². The maximum absolute atomic E-state index is 12.8. The number of nitrogens with one attached hydrogen (secondary N) is 2. The highest BCUT2D eigenvalue weighted by molar-refractivity contribution is 5.93. The average Bonchev–Trinajstić information content (AvgIpc) is 3.25. The van der Waals surface area contributed by atoms with Gasteiger partial charge in [0, 0.05) is 13.0 Å². The van der Waals surface area contributed by atoms with Crippen LogP contribution < -0.4 is 22.1 Å². The molecule has 180 valence electrons. The summed E-state index contributed by atoms with van der Waals surface area (Å²) in [5.74, 6) is -3.62. The Morgan fingerprint density at radius 2 is 1.82 bits per heavy atom. The number of likely N-dealkylation sites (tertiary alicyclic amines) is 1. The van der Waals surface area contributed by atoms with Gasteiger partial charge in [-0.2, -0.15) is 0 Å². The molecular weight excluding hydrogens is 434 g/mol. The number of benzene rings is 1. The van der Waals surface area contributed by atoms with Crippen molar-refractivity contribution in [2.24, 2.45) is 11.5 Å². The minimum atomic E-state index is -1.33. The average molecular weight is 463 g/mol. The molecule has 0 spiro atoms. The van der Waals surface area contributed by atoms with Gasteiger partial charge in [0.1, 0.15) is 17.8 Å². The van der Waals surface area contributed by atoms with E-state index in [4.69, 9.17) is 16.6 Å². The maximum atomic E-state index is 12.8. The summed E-state index contributed by atoms with van der Waals surface area (Å²) in [4.78, 5) is 60.9. The largest absolute Gasteiger partial charge is 0.508 e. The van der Waals surface area contributed by atoms with Gasteiger partial charge < -0.3 is 37.2 Å². The quantitative estimate of drug-likeness (QED) is 0.220. The van der Waals surface area contributed by atoms with Crippen LogP contribution in [0.25, 0.3) is 0 Å². The van der Waals surface area contributed by atoms with E-state index in [-0.39, 0.29) is 25.0 Å². The number of rotatable bonds is 11. The Hall–Kier alpha value is -3.67. The molecule has 1 heterocycles. The lowest BCUT2D eigenvalue weighted by Crippen LogP contribution is -2.53. The van der Waals surface area contributed by atoms with Crippen molar-refractivity contribution >= 4 is 29.6 Å². The monoisotopic (exact) mass is 463 g/mol. The molecule has 3 unspecified atom stereocenters. The summed E-state index contributed by atoms with van der Waals surface area (Å²) in [5.41, 5.74) is 11.8. The third kappa shape index (κ3) is 7.75. The molecule has 12 nitrogen and oxygen atoms in total. The molecule has 2 rings (SSSR count). The number of aliphatic carboxylic acids is 1. The van der Waals surface area contributed by atoms with E-state index in [1.165, 1.54) is 17.0 Å². The smallest absolute Gasteiger partial charge is 0.326 e. The first kappa shape index (κ1) is 25.6. The van der Waals surface area contributed by atoms with Gasteiger partial charge in [0.25, 0.3) is 0 Å². The van der Waals surface area contributed by atoms with Crippen molar-refractivity contribution in [3.05, 3.63) is 29.8 Å². The number of hydrogen-bond donors (Lipinski definition) is 6. The van der Waals surface area contributed by atoms with E-state index in [1.807, 2.05) is 0 Å². The van der Waals surface area contributed by atoms with Gasteiger partial charge in [-0.15, -0.1) is 0 Å². The third-order valence-electron chi connectivity index (χ3n) is 5.28. The molecule has 1 fully saturated rings. The number of carbonyl (C=O) groups is 5. The number of carboxylic acids is 1. The molecule has 1 aromatic rings. The predicted octanol–water partition coefficient (Wildman–Crippen LogP) is -1.80. The van der Waals surface area contributed by atoms with Crippen LogP contribution in [0.15, 0.2) is 24.3 Å². The van der Waals surface area contributed by atoms with Crippen molar-refractivity contribution in [2.75, 3.05) is 13.1 Å². The number of amides is 4. The number of carboxylic acid groups (broad SMARTS) is 1. The maximum Gasteiger partial charge on any atom is 0.326 e. The van der Waals surface area contributed by atoms with Crippen LogP contribution in [-0.4, -0.2) is 75.9 Å². The summed E-state index contributed by atoms with van der Waals surface area (Å²) in [6.45, 7) is -0.141. The number of primary amides is 1. The summed E-state index contributed by atoms with van der Waals surface area (Å²) in [7, 11) is 0. The van der Waals surface area contributed by atoms with Gasteiger partial charge in [0.15, 0.2) is 0 Å². The minimum absolute atomic E-state index is 0.0986. The van der Waals surface area contributed by atoms with Crippen molar-refractivity contribution in [3.8, 4) is 5.75 Å². The summed E-state index contributed by atoms with van der Waals surface area (Å²) in [6, 6.07) is 3.31. The standard InChI is InChI=1S/C21H29N5O7/c22-14(10-12-3-5-13(27)6-4-12)20(31)26-9-1-2-16(26)19(30)24-11-18(29)25-15(21(32)33)7-8-17(23)28/h3-6,14-16,27H,1-2,7-11,22H2,(H2,23,28)(H,24,30)(H,25,29)(H,32,33). The van der Waals surface area contributed by atoms with E-state index in [1.54, 1.807) is 12.1 Å². The fourth-order valence-corrected chi connectivity index (χ4v) is 3.56. The van der Waals surface area contributed by atoms with Crippen molar-refractivity contribution in [3.63, 3.8) is 0 Å². The molecule has 0 aromatic heterocycles. The molecule has 0 bridgehead atoms. The van der Waals surface area contributed by atoms with Gasteiger partial charge in [0.05, 0.1) is 12.6 Å². The second-order valence-corrected chi connectivity index (χ2v) is 7.85. The molecule has 1 aliphatic heterocycles. The van der Waals surface area contributed by atoms with Gasteiger partial charge in [0.2, 0.25) is 23.6 Å². The Bertz CT molecular complexity index is 889. The first-order chi connectivity index (χ1) is 15.6. The van der Waals surface area contributed by atoms with Crippen molar-refractivity contribution in [1.82, 2.24) is 15.5 Å². The van der Waals surface area contributed by atoms with Gasteiger partial charge in [-0.05, 0) is 43.4 Å². The van der Waals surface area contributed by atoms with E-state index in [9.17, 15) is 29.1 Å². The number of nitrogens with two attached hydrogens (primary N) is 2. The Morgan fingerprint density at radius 1 is 1.15 bits per heavy atom. The second kappa shape index (κ2) is 11.8. The van der Waals surface area contributed by atoms with Gasteiger partial charge in [-0.1, -0.05) is 12.1 Å². The number of aromatic hydroxyl groups is 1. The van der Waals surface area contributed by atoms with Gasteiger partial charge in [-0.25, -0.2) is 4.79 Å². The molecule has 3 atom stereocenters. The van der Waals surface area contributed by atoms with Gasteiger partial charge >= 0.3 is 5.97 Å². The highest BCUT2D eigenvalue weighted by Gasteiger charge is 2.36. The zero-order valence-corrected chi connectivity index (χ0v) is 18.0. The van der Waals surface area contributed by atoms with Crippen LogP contribution in [0.1, 0.15) is 31.2 Å². The van der Waals surface area contributed by atoms with Crippen molar-refractivity contribution < 1.29 is 34.2 Å². The highest BCUT2D eigenvalue weighted by atomic mass is 16.4. The Kier molecular flexibility index (Phi) is 9.16. The van der Waals surface area contributed by atoms with Crippen LogP contribution in [0.2, 0.25) is 0 Å². The molecule has 8 N–H and O–H groups in total. The minimum Gasteiger partial charge on any atom is -0.508 e. The number of carbonyl (C=O) groups excluding carboxylic acids is 4. The summed E-state index contributed by atoms with van der Waals surface area (Å²) in [5, 5.41) is 23.1. The number of nitrogens with zero attached hydrogens (tertiary/aromatic N) is 1. The molecule has 12 heteroatoms. The van der Waals surface area contributed by atoms with Crippen LogP contribution in [0.5, 0.6) is 5.75 Å². The molecular formula is C21H29N5O7. The van der Waals surface area contributed by atoms with E-state index in [0.29, 0.717) is 19.4 Å². The predicted molar refractivity (Wildman–Crippen MR) is 116 cm³/mol. The lowest BCUT2D eigenvalue weighted by Gasteiger charge is -2.26. The fraction of sp³-hybridized carbons (Fsp3) is 0.476. The summed E-state index contributed by atoms with van der Waals surface area (Å²) < 4.78 is 0. The Morgan fingerprint density at radius 3 is 2.42 bits per heavy atom. The summed E-state index contributed by atoms with van der Waals surface area (Å²) >= 11 is 0. The summed E-state index contributed by atoms with van der Waals surface area (Å²) in [6.07, 6.45) is 0.840. The van der Waals surface area contributed by atoms with Crippen molar-refractivity contribution in [2.45, 2.75) is 50.2 Å². The molecule has 0 aliphatic carbocycles. The normalized spacial score (nSPS) is 17.1. The molecule has 0 radical (unpaired) electrons. The SMILES string of the molecule is NC(=O)CCC(NC(=O)CNC(=O)C1CCCN1C(=O)C(N)Cc1ccc(O)cc1)C(=O)O. The van der Waals surface area contributed by atoms with Crippen LogP contribution in [0, 0.1) is 0 Å². The fourth-order valence-electron chi connectivity index (χ4n) is 3.56. The van der Waals surface area contributed by atoms with Crippen LogP contribution in [-0.2, 0) is 30.4 Å². The first-order valence-electron chi connectivity index (χ1n) is 10.5. The zero-order chi connectivity index (χ0) is 24.5. The number of hydrogen-bond acceptors (Lipinski definition) is 7. The highest BCUT2D eigenvalue weighted by Crippen LogP contribution is 2.19. The van der Waals surface area contributed by atoms with E-state index in [2.05, 4.69) is 10.6 Å². The number of phenolic OH excluding ortho intramolecular Hbond substituents is 1. The number of phenols is 1. The Balaban J connectivity index is 1.88. The molecule has 4 amide bonds. The first-order valence-corrected chi connectivity index (χ1v) is 10.5. The van der Waals surface area contributed by atoms with Crippen LogP contribution in [0.4, 0.5) is 0 Å². The molecule has 1 saturated heterocycles.